The summed E-state index contributed by atoms with van der Waals surface area (Å²) in [4.78, 5) is 29.4. The molecule has 0 amide bonds. The van der Waals surface area contributed by atoms with E-state index in [1.807, 2.05) is 60.7 Å². The fraction of sp³-hybridized carbons (Fsp3) is 0.152. The Hall–Kier alpha value is -4.69. The molecule has 0 fully saturated rings. The summed E-state index contributed by atoms with van der Waals surface area (Å²) >= 11 is 0. The van der Waals surface area contributed by atoms with Crippen molar-refractivity contribution in [3.8, 4) is 0 Å². The van der Waals surface area contributed by atoms with Crippen LogP contribution in [0.25, 0.3) is 27.9 Å². The van der Waals surface area contributed by atoms with E-state index in [4.69, 9.17) is 9.47 Å². The highest BCUT2D eigenvalue weighted by atomic mass is 32.2. The number of sulfone groups is 1. The number of hydrogen-bond donors (Lipinski definition) is 1. The van der Waals surface area contributed by atoms with Crippen molar-refractivity contribution in [3.05, 3.63) is 113 Å². The Kier molecular flexibility index (Phi) is 8.03. The molecule has 5 aromatic rings. The molecule has 0 aliphatic heterocycles. The number of ether oxygens (including phenoxy) is 2. The van der Waals surface area contributed by atoms with Crippen LogP contribution in [0.2, 0.25) is 0 Å². The van der Waals surface area contributed by atoms with Crippen LogP contribution >= 0.6 is 0 Å². The lowest BCUT2D eigenvalue weighted by molar-refractivity contribution is -0.146. The number of esters is 2. The zero-order valence-corrected chi connectivity index (χ0v) is 23.5. The molecule has 0 saturated carbocycles. The lowest BCUT2D eigenvalue weighted by atomic mass is 9.95. The van der Waals surface area contributed by atoms with Crippen LogP contribution < -0.4 is 0 Å². The highest BCUT2D eigenvalue weighted by Crippen LogP contribution is 2.39. The van der Waals surface area contributed by atoms with Crippen molar-refractivity contribution in [1.82, 2.24) is 4.98 Å². The van der Waals surface area contributed by atoms with Gasteiger partial charge in [0, 0.05) is 16.3 Å². The fourth-order valence-electron chi connectivity index (χ4n) is 4.92. The Morgan fingerprint density at radius 2 is 1.37 bits per heavy atom. The third-order valence-electron chi connectivity index (χ3n) is 6.73. The minimum absolute atomic E-state index is 0.0571. The molecule has 1 N–H and O–H groups in total. The average molecular weight is 568 g/mol. The van der Waals surface area contributed by atoms with Gasteiger partial charge in [0.15, 0.2) is 0 Å². The molecule has 5 rings (SSSR count). The number of aromatic nitrogens is 1. The lowest BCUT2D eigenvalue weighted by Gasteiger charge is -2.17. The number of carbonyl (C=O) groups excluding carboxylic acids is 2. The maximum atomic E-state index is 14.4. The third-order valence-corrected chi connectivity index (χ3v) is 8.61. The molecule has 1 aromatic heterocycles. The molecule has 0 spiro atoms. The quantitative estimate of drug-likeness (QED) is 0.0977. The van der Waals surface area contributed by atoms with E-state index in [0.29, 0.717) is 22.0 Å². The first-order valence-corrected chi connectivity index (χ1v) is 14.8. The fourth-order valence-corrected chi connectivity index (χ4v) is 6.61. The van der Waals surface area contributed by atoms with E-state index in [9.17, 15) is 18.0 Å². The summed E-state index contributed by atoms with van der Waals surface area (Å²) in [5, 5.41) is 1.45. The monoisotopic (exact) mass is 567 g/mol. The molecule has 0 atom stereocenters. The van der Waals surface area contributed by atoms with Gasteiger partial charge in [-0.1, -0.05) is 66.7 Å². The number of fused-ring (bicyclic) bond motifs is 3. The zero-order valence-electron chi connectivity index (χ0n) is 22.7. The van der Waals surface area contributed by atoms with E-state index < -0.39 is 21.8 Å². The molecule has 8 heteroatoms. The topological polar surface area (TPSA) is 103 Å². The summed E-state index contributed by atoms with van der Waals surface area (Å²) in [5.74, 6) is -1.69. The van der Waals surface area contributed by atoms with Crippen molar-refractivity contribution < 1.29 is 27.5 Å². The largest absolute Gasteiger partial charge is 0.462 e. The summed E-state index contributed by atoms with van der Waals surface area (Å²) in [7, 11) is -4.08. The van der Waals surface area contributed by atoms with Gasteiger partial charge < -0.3 is 14.5 Å². The van der Waals surface area contributed by atoms with Gasteiger partial charge in [-0.05, 0) is 67.3 Å². The molecule has 0 unspecified atom stereocenters. The minimum Gasteiger partial charge on any atom is -0.462 e. The van der Waals surface area contributed by atoms with Crippen molar-refractivity contribution in [2.75, 3.05) is 13.2 Å². The van der Waals surface area contributed by atoms with Crippen molar-refractivity contribution >= 4 is 49.7 Å². The predicted molar refractivity (Wildman–Crippen MR) is 158 cm³/mol. The molecule has 0 bridgehead atoms. The molecule has 208 valence electrons. The standard InChI is InChI=1S/C33H29NO6S/c1-3-39-32(35)28(33(36)40-4-2)21-23-20-27-25-17-11-12-18-29(25)34-30(27)31(26(23)19-22-13-7-5-8-14-22)41(37,38)24-15-9-6-10-16-24/h5-18,20-21,34H,3-4,19H2,1-2H3. The number of H-pyrrole nitrogens is 1. The van der Waals surface area contributed by atoms with E-state index in [2.05, 4.69) is 4.98 Å². The van der Waals surface area contributed by atoms with Crippen LogP contribution in [-0.2, 0) is 35.3 Å². The molecule has 7 nitrogen and oxygen atoms in total. The van der Waals surface area contributed by atoms with Crippen molar-refractivity contribution in [2.24, 2.45) is 0 Å². The van der Waals surface area contributed by atoms with E-state index in [0.717, 1.165) is 16.5 Å². The summed E-state index contributed by atoms with van der Waals surface area (Å²) < 4.78 is 39.2. The van der Waals surface area contributed by atoms with E-state index in [-0.39, 0.29) is 35.0 Å². The van der Waals surface area contributed by atoms with Gasteiger partial charge in [0.1, 0.15) is 5.57 Å². The maximum absolute atomic E-state index is 14.4. The second-order valence-corrected chi connectivity index (χ2v) is 11.2. The van der Waals surface area contributed by atoms with Crippen molar-refractivity contribution in [1.29, 1.82) is 0 Å². The minimum atomic E-state index is -4.08. The third kappa shape index (κ3) is 5.51. The average Bonchev–Trinajstić information content (AvgIpc) is 3.34. The molecule has 4 aromatic carbocycles. The Balaban J connectivity index is 1.92. The zero-order chi connectivity index (χ0) is 29.0. The first-order valence-electron chi connectivity index (χ1n) is 13.3. The summed E-state index contributed by atoms with van der Waals surface area (Å²) in [6, 6.07) is 27.0. The molecular formula is C33H29NO6S. The van der Waals surface area contributed by atoms with Gasteiger partial charge in [-0.2, -0.15) is 0 Å². The second-order valence-electron chi connectivity index (χ2n) is 9.34. The molecule has 0 aliphatic carbocycles. The van der Waals surface area contributed by atoms with Crippen molar-refractivity contribution in [2.45, 2.75) is 30.1 Å². The van der Waals surface area contributed by atoms with E-state index in [1.54, 1.807) is 44.2 Å². The Morgan fingerprint density at radius 3 is 2.00 bits per heavy atom. The van der Waals surface area contributed by atoms with Gasteiger partial charge in [-0.25, -0.2) is 18.0 Å². The maximum Gasteiger partial charge on any atom is 0.345 e. The van der Waals surface area contributed by atoms with Crippen LogP contribution in [0.1, 0.15) is 30.5 Å². The number of rotatable bonds is 9. The highest BCUT2D eigenvalue weighted by molar-refractivity contribution is 7.91. The van der Waals surface area contributed by atoms with Crippen molar-refractivity contribution in [3.63, 3.8) is 0 Å². The SMILES string of the molecule is CCOC(=O)C(=Cc1cc2c([nH]c3ccccc32)c(S(=O)(=O)c2ccccc2)c1Cc1ccccc1)C(=O)OCC. The van der Waals surface area contributed by atoms with Gasteiger partial charge in [0.25, 0.3) is 0 Å². The molecular weight excluding hydrogens is 538 g/mol. The number of benzene rings is 4. The molecule has 0 aliphatic rings. The highest BCUT2D eigenvalue weighted by Gasteiger charge is 2.29. The molecule has 41 heavy (non-hydrogen) atoms. The van der Waals surface area contributed by atoms with Crippen LogP contribution in [0.15, 0.2) is 106 Å². The Bertz CT molecular complexity index is 1850. The van der Waals surface area contributed by atoms with Crippen LogP contribution in [0, 0.1) is 0 Å². The van der Waals surface area contributed by atoms with Crippen LogP contribution in [-0.4, -0.2) is 38.6 Å². The van der Waals surface area contributed by atoms with Gasteiger partial charge in [-0.3, -0.25) is 0 Å². The molecule has 1 heterocycles. The first kappa shape index (κ1) is 27.9. The first-order chi connectivity index (χ1) is 19.8. The predicted octanol–water partition coefficient (Wildman–Crippen LogP) is 6.25. The van der Waals surface area contributed by atoms with Gasteiger partial charge in [-0.15, -0.1) is 0 Å². The smallest absolute Gasteiger partial charge is 0.345 e. The van der Waals surface area contributed by atoms with E-state index >= 15 is 0 Å². The molecule has 0 saturated heterocycles. The summed E-state index contributed by atoms with van der Waals surface area (Å²) in [5.41, 5.74) is 2.59. The number of hydrogen-bond acceptors (Lipinski definition) is 6. The normalized spacial score (nSPS) is 11.4. The lowest BCUT2D eigenvalue weighted by Crippen LogP contribution is -2.18. The van der Waals surface area contributed by atoms with Gasteiger partial charge in [0.2, 0.25) is 9.84 Å². The van der Waals surface area contributed by atoms with Gasteiger partial charge in [0.05, 0.1) is 28.5 Å². The number of nitrogens with one attached hydrogen (secondary N) is 1. The van der Waals surface area contributed by atoms with Crippen LogP contribution in [0.5, 0.6) is 0 Å². The number of aromatic amines is 1. The number of carbonyl (C=O) groups is 2. The summed E-state index contributed by atoms with van der Waals surface area (Å²) in [6.45, 7) is 3.40. The Morgan fingerprint density at radius 1 is 0.780 bits per heavy atom. The van der Waals surface area contributed by atoms with Gasteiger partial charge >= 0.3 is 11.9 Å². The van der Waals surface area contributed by atoms with Crippen LogP contribution in [0.4, 0.5) is 0 Å². The summed E-state index contributed by atoms with van der Waals surface area (Å²) in [6.07, 6.45) is 1.61. The van der Waals surface area contributed by atoms with Crippen LogP contribution in [0.3, 0.4) is 0 Å². The second kappa shape index (κ2) is 11.8. The van der Waals surface area contributed by atoms with E-state index in [1.165, 1.54) is 6.08 Å². The number of para-hydroxylation sites is 1. The Labute approximate surface area is 238 Å². The molecule has 0 radical (unpaired) electrons.